The van der Waals surface area contributed by atoms with Gasteiger partial charge in [0, 0.05) is 25.7 Å². The van der Waals surface area contributed by atoms with Gasteiger partial charge in [0.1, 0.15) is 5.54 Å². The van der Waals surface area contributed by atoms with Gasteiger partial charge >= 0.3 is 5.97 Å². The molecule has 0 aromatic heterocycles. The van der Waals surface area contributed by atoms with E-state index in [4.69, 9.17) is 4.74 Å². The summed E-state index contributed by atoms with van der Waals surface area (Å²) in [5.41, 5.74) is -0.548. The van der Waals surface area contributed by atoms with Crippen molar-refractivity contribution < 1.29 is 9.53 Å². The van der Waals surface area contributed by atoms with Crippen molar-refractivity contribution in [3.63, 3.8) is 0 Å². The molecule has 0 saturated carbocycles. The van der Waals surface area contributed by atoms with Crippen molar-refractivity contribution in [3.8, 4) is 0 Å². The van der Waals surface area contributed by atoms with Crippen LogP contribution < -0.4 is 5.32 Å². The molecule has 16 heavy (non-hydrogen) atoms. The number of hydrogen-bond acceptors (Lipinski definition) is 4. The van der Waals surface area contributed by atoms with E-state index in [1.807, 2.05) is 0 Å². The SMILES string of the molecule is C=CCNC1(C(=O)OC)CCN(C(C)C)C1. The lowest BCUT2D eigenvalue weighted by Crippen LogP contribution is -2.55. The highest BCUT2D eigenvalue weighted by molar-refractivity contribution is 5.81. The van der Waals surface area contributed by atoms with E-state index in [0.717, 1.165) is 13.0 Å². The predicted molar refractivity (Wildman–Crippen MR) is 64.3 cm³/mol. The van der Waals surface area contributed by atoms with Crippen LogP contribution in [0, 0.1) is 0 Å². The molecule has 0 radical (unpaired) electrons. The summed E-state index contributed by atoms with van der Waals surface area (Å²) < 4.78 is 4.90. The largest absolute Gasteiger partial charge is 0.468 e. The molecule has 92 valence electrons. The zero-order valence-electron chi connectivity index (χ0n) is 10.5. The average molecular weight is 226 g/mol. The zero-order chi connectivity index (χ0) is 12.2. The second-order valence-electron chi connectivity index (χ2n) is 4.56. The normalized spacial score (nSPS) is 26.0. The van der Waals surface area contributed by atoms with Gasteiger partial charge in [-0.15, -0.1) is 6.58 Å². The van der Waals surface area contributed by atoms with Crippen LogP contribution in [-0.4, -0.2) is 49.2 Å². The third-order valence-corrected chi connectivity index (χ3v) is 3.19. The van der Waals surface area contributed by atoms with E-state index in [9.17, 15) is 4.79 Å². The Morgan fingerprint density at radius 2 is 2.38 bits per heavy atom. The highest BCUT2D eigenvalue weighted by atomic mass is 16.5. The van der Waals surface area contributed by atoms with Gasteiger partial charge in [0.2, 0.25) is 0 Å². The highest BCUT2D eigenvalue weighted by Crippen LogP contribution is 2.24. The van der Waals surface area contributed by atoms with Crippen LogP contribution in [0.15, 0.2) is 12.7 Å². The number of esters is 1. The fraction of sp³-hybridized carbons (Fsp3) is 0.750. The maximum absolute atomic E-state index is 11.9. The van der Waals surface area contributed by atoms with Crippen LogP contribution in [0.3, 0.4) is 0 Å². The van der Waals surface area contributed by atoms with Crippen LogP contribution in [0.2, 0.25) is 0 Å². The first-order valence-electron chi connectivity index (χ1n) is 5.74. The van der Waals surface area contributed by atoms with Crippen LogP contribution >= 0.6 is 0 Å². The maximum atomic E-state index is 11.9. The molecule has 1 aliphatic rings. The van der Waals surface area contributed by atoms with Crippen LogP contribution in [0.1, 0.15) is 20.3 Å². The molecule has 1 aliphatic heterocycles. The quantitative estimate of drug-likeness (QED) is 0.556. The van der Waals surface area contributed by atoms with Crippen LogP contribution in [0.25, 0.3) is 0 Å². The summed E-state index contributed by atoms with van der Waals surface area (Å²) in [7, 11) is 1.44. The van der Waals surface area contributed by atoms with Crippen LogP contribution in [-0.2, 0) is 9.53 Å². The molecular formula is C12H22N2O2. The Kier molecular flexibility index (Phi) is 4.50. The van der Waals surface area contributed by atoms with Gasteiger partial charge in [-0.2, -0.15) is 0 Å². The number of carbonyl (C=O) groups excluding carboxylic acids is 1. The minimum atomic E-state index is -0.548. The molecule has 0 aliphatic carbocycles. The molecule has 1 heterocycles. The average Bonchev–Trinajstić information content (AvgIpc) is 2.71. The van der Waals surface area contributed by atoms with Crippen LogP contribution in [0.5, 0.6) is 0 Å². The van der Waals surface area contributed by atoms with E-state index in [1.165, 1.54) is 7.11 Å². The number of methoxy groups -OCH3 is 1. The Hall–Kier alpha value is -0.870. The van der Waals surface area contributed by atoms with Gasteiger partial charge in [0.05, 0.1) is 7.11 Å². The Morgan fingerprint density at radius 1 is 1.69 bits per heavy atom. The number of carbonyl (C=O) groups is 1. The van der Waals surface area contributed by atoms with Crippen molar-refractivity contribution in [2.24, 2.45) is 0 Å². The maximum Gasteiger partial charge on any atom is 0.327 e. The van der Waals surface area contributed by atoms with E-state index in [-0.39, 0.29) is 5.97 Å². The second kappa shape index (κ2) is 5.46. The van der Waals surface area contributed by atoms with E-state index >= 15 is 0 Å². The number of ether oxygens (including phenoxy) is 1. The molecule has 4 heteroatoms. The summed E-state index contributed by atoms with van der Waals surface area (Å²) in [6, 6.07) is 0.456. The molecule has 0 spiro atoms. The Morgan fingerprint density at radius 3 is 2.81 bits per heavy atom. The van der Waals surface area contributed by atoms with Gasteiger partial charge < -0.3 is 4.74 Å². The number of rotatable bonds is 5. The smallest absolute Gasteiger partial charge is 0.327 e. The number of nitrogens with one attached hydrogen (secondary N) is 1. The standard InChI is InChI=1S/C12H22N2O2/c1-5-7-13-12(11(15)16-4)6-8-14(9-12)10(2)3/h5,10,13H,1,6-9H2,2-4H3. The van der Waals surface area contributed by atoms with E-state index in [1.54, 1.807) is 6.08 Å². The van der Waals surface area contributed by atoms with Gasteiger partial charge in [-0.3, -0.25) is 15.0 Å². The third kappa shape index (κ3) is 2.62. The number of likely N-dealkylation sites (tertiary alicyclic amines) is 1. The third-order valence-electron chi connectivity index (χ3n) is 3.19. The van der Waals surface area contributed by atoms with Crippen molar-refractivity contribution in [1.82, 2.24) is 10.2 Å². The molecule has 1 unspecified atom stereocenters. The van der Waals surface area contributed by atoms with Crippen molar-refractivity contribution in [1.29, 1.82) is 0 Å². The first-order valence-corrected chi connectivity index (χ1v) is 5.74. The van der Waals surface area contributed by atoms with E-state index in [2.05, 4.69) is 30.6 Å². The second-order valence-corrected chi connectivity index (χ2v) is 4.56. The summed E-state index contributed by atoms with van der Waals surface area (Å²) >= 11 is 0. The summed E-state index contributed by atoms with van der Waals surface area (Å²) in [4.78, 5) is 14.1. The summed E-state index contributed by atoms with van der Waals surface area (Å²) in [6.07, 6.45) is 2.56. The molecule has 1 fully saturated rings. The molecule has 4 nitrogen and oxygen atoms in total. The highest BCUT2D eigenvalue weighted by Gasteiger charge is 2.45. The molecule has 0 amide bonds. The van der Waals surface area contributed by atoms with Gasteiger partial charge in [-0.25, -0.2) is 0 Å². The van der Waals surface area contributed by atoms with Crippen molar-refractivity contribution >= 4 is 5.97 Å². The summed E-state index contributed by atoms with van der Waals surface area (Å²) in [6.45, 7) is 10.2. The Bertz CT molecular complexity index is 266. The fourth-order valence-electron chi connectivity index (χ4n) is 2.13. The van der Waals surface area contributed by atoms with Crippen molar-refractivity contribution in [2.45, 2.75) is 31.8 Å². The van der Waals surface area contributed by atoms with Crippen LogP contribution in [0.4, 0.5) is 0 Å². The summed E-state index contributed by atoms with van der Waals surface area (Å²) in [5, 5.41) is 3.25. The Labute approximate surface area is 97.6 Å². The van der Waals surface area contributed by atoms with E-state index in [0.29, 0.717) is 19.1 Å². The Balaban J connectivity index is 2.74. The molecule has 1 rings (SSSR count). The summed E-state index contributed by atoms with van der Waals surface area (Å²) in [5.74, 6) is -0.169. The number of hydrogen-bond donors (Lipinski definition) is 1. The molecular weight excluding hydrogens is 204 g/mol. The minimum absolute atomic E-state index is 0.169. The first-order chi connectivity index (χ1) is 7.55. The molecule has 1 atom stereocenters. The van der Waals surface area contributed by atoms with Gasteiger partial charge in [0.15, 0.2) is 0 Å². The molecule has 0 aromatic carbocycles. The van der Waals surface area contributed by atoms with E-state index < -0.39 is 5.54 Å². The van der Waals surface area contributed by atoms with Gasteiger partial charge in [-0.05, 0) is 20.3 Å². The lowest BCUT2D eigenvalue weighted by Gasteiger charge is -2.28. The molecule has 0 bridgehead atoms. The topological polar surface area (TPSA) is 41.6 Å². The molecule has 0 aromatic rings. The first kappa shape index (κ1) is 13.2. The van der Waals surface area contributed by atoms with Gasteiger partial charge in [0.25, 0.3) is 0 Å². The fourth-order valence-corrected chi connectivity index (χ4v) is 2.13. The predicted octanol–water partition coefficient (Wildman–Crippen LogP) is 0.788. The minimum Gasteiger partial charge on any atom is -0.468 e. The van der Waals surface area contributed by atoms with Gasteiger partial charge in [-0.1, -0.05) is 6.08 Å². The lowest BCUT2D eigenvalue weighted by molar-refractivity contribution is -0.148. The lowest BCUT2D eigenvalue weighted by atomic mass is 9.99. The number of nitrogens with zero attached hydrogens (tertiary/aromatic N) is 1. The van der Waals surface area contributed by atoms with Crippen molar-refractivity contribution in [3.05, 3.63) is 12.7 Å². The molecule has 1 N–H and O–H groups in total. The van der Waals surface area contributed by atoms with Crippen molar-refractivity contribution in [2.75, 3.05) is 26.7 Å². The zero-order valence-corrected chi connectivity index (χ0v) is 10.5. The monoisotopic (exact) mass is 226 g/mol. The molecule has 1 saturated heterocycles.